The van der Waals surface area contributed by atoms with Gasteiger partial charge in [-0.05, 0) is 14.0 Å². The molecule has 0 saturated heterocycles. The maximum absolute atomic E-state index is 9.02. The maximum Gasteiger partial charge on any atom is 0.0954 e. The van der Waals surface area contributed by atoms with Gasteiger partial charge < -0.3 is 5.11 Å². The van der Waals surface area contributed by atoms with E-state index in [1.54, 1.807) is 11.3 Å². The monoisotopic (exact) mass is 228 g/mol. The second-order valence-corrected chi connectivity index (χ2v) is 5.17. The van der Waals surface area contributed by atoms with Gasteiger partial charge in [0.05, 0.1) is 17.3 Å². The number of aliphatic hydroxyl groups is 1. The molecule has 0 aromatic carbocycles. The minimum absolute atomic E-state index is 0.189. The van der Waals surface area contributed by atoms with E-state index >= 15 is 0 Å². The van der Waals surface area contributed by atoms with Gasteiger partial charge in [-0.2, -0.15) is 0 Å². The predicted molar refractivity (Wildman–Crippen MR) is 64.2 cm³/mol. The maximum atomic E-state index is 9.02. The molecule has 0 amide bonds. The molecule has 1 atom stereocenters. The van der Waals surface area contributed by atoms with Gasteiger partial charge in [0.1, 0.15) is 0 Å². The Hall–Kier alpha value is -0.450. The molecule has 0 saturated carbocycles. The van der Waals surface area contributed by atoms with Crippen molar-refractivity contribution in [2.45, 2.75) is 39.3 Å². The Balaban J connectivity index is 2.57. The minimum Gasteiger partial charge on any atom is -0.395 e. The molecule has 0 aliphatic heterocycles. The van der Waals surface area contributed by atoms with Crippen molar-refractivity contribution in [3.8, 4) is 0 Å². The highest BCUT2D eigenvalue weighted by molar-refractivity contribution is 7.09. The molecule has 4 heteroatoms. The van der Waals surface area contributed by atoms with Crippen LogP contribution < -0.4 is 0 Å². The van der Waals surface area contributed by atoms with E-state index in [0.29, 0.717) is 5.92 Å². The van der Waals surface area contributed by atoms with Crippen LogP contribution in [0.3, 0.4) is 0 Å². The van der Waals surface area contributed by atoms with Crippen molar-refractivity contribution >= 4 is 11.3 Å². The standard InChI is InChI=1S/C11H20N2OS/c1-8(2)11-12-10(7-15-11)5-13(4)9(3)6-14/h7-9,14H,5-6H2,1-4H3. The fourth-order valence-corrected chi connectivity index (χ4v) is 2.04. The van der Waals surface area contributed by atoms with Crippen LogP contribution in [0.4, 0.5) is 0 Å². The van der Waals surface area contributed by atoms with Gasteiger partial charge in [0.2, 0.25) is 0 Å². The highest BCUT2D eigenvalue weighted by atomic mass is 32.1. The molecule has 1 heterocycles. The smallest absolute Gasteiger partial charge is 0.0954 e. The SMILES string of the molecule is CC(C)c1nc(CN(C)C(C)CO)cs1. The average Bonchev–Trinajstić information content (AvgIpc) is 2.65. The Morgan fingerprint density at radius 1 is 1.47 bits per heavy atom. The van der Waals surface area contributed by atoms with Crippen LogP contribution >= 0.6 is 11.3 Å². The quantitative estimate of drug-likeness (QED) is 0.838. The van der Waals surface area contributed by atoms with E-state index in [-0.39, 0.29) is 12.6 Å². The van der Waals surface area contributed by atoms with E-state index in [1.807, 2.05) is 14.0 Å². The molecule has 0 fully saturated rings. The lowest BCUT2D eigenvalue weighted by atomic mass is 10.2. The van der Waals surface area contributed by atoms with Gasteiger partial charge in [0.15, 0.2) is 0 Å². The van der Waals surface area contributed by atoms with Crippen LogP contribution in [0.5, 0.6) is 0 Å². The van der Waals surface area contributed by atoms with Gasteiger partial charge in [-0.25, -0.2) is 4.98 Å². The van der Waals surface area contributed by atoms with E-state index in [9.17, 15) is 0 Å². The predicted octanol–water partition coefficient (Wildman–Crippen LogP) is 2.08. The zero-order chi connectivity index (χ0) is 11.4. The van der Waals surface area contributed by atoms with Gasteiger partial charge in [-0.15, -0.1) is 11.3 Å². The lowest BCUT2D eigenvalue weighted by molar-refractivity contribution is 0.153. The second kappa shape index (κ2) is 5.58. The summed E-state index contributed by atoms with van der Waals surface area (Å²) in [7, 11) is 2.01. The summed E-state index contributed by atoms with van der Waals surface area (Å²) < 4.78 is 0. The van der Waals surface area contributed by atoms with Crippen LogP contribution in [0.25, 0.3) is 0 Å². The molecule has 1 rings (SSSR count). The summed E-state index contributed by atoms with van der Waals surface area (Å²) in [6.07, 6.45) is 0. The van der Waals surface area contributed by atoms with Crippen molar-refractivity contribution in [3.63, 3.8) is 0 Å². The molecular weight excluding hydrogens is 208 g/mol. The Morgan fingerprint density at radius 3 is 2.60 bits per heavy atom. The average molecular weight is 228 g/mol. The van der Waals surface area contributed by atoms with Crippen LogP contribution in [-0.2, 0) is 6.54 Å². The van der Waals surface area contributed by atoms with Crippen LogP contribution in [0, 0.1) is 0 Å². The molecule has 0 bridgehead atoms. The van der Waals surface area contributed by atoms with Crippen molar-refractivity contribution in [1.82, 2.24) is 9.88 Å². The highest BCUT2D eigenvalue weighted by Crippen LogP contribution is 2.20. The molecule has 3 nitrogen and oxygen atoms in total. The van der Waals surface area contributed by atoms with Gasteiger partial charge in [0, 0.05) is 23.9 Å². The number of thiazole rings is 1. The molecule has 86 valence electrons. The summed E-state index contributed by atoms with van der Waals surface area (Å²) in [5, 5.41) is 12.3. The zero-order valence-electron chi connectivity index (χ0n) is 9.90. The fraction of sp³-hybridized carbons (Fsp3) is 0.727. The van der Waals surface area contributed by atoms with Gasteiger partial charge >= 0.3 is 0 Å². The largest absolute Gasteiger partial charge is 0.395 e. The number of aliphatic hydroxyl groups excluding tert-OH is 1. The number of nitrogens with zero attached hydrogens (tertiary/aromatic N) is 2. The lowest BCUT2D eigenvalue weighted by Crippen LogP contribution is -2.31. The van der Waals surface area contributed by atoms with E-state index in [1.165, 1.54) is 5.01 Å². The van der Waals surface area contributed by atoms with Gasteiger partial charge in [0.25, 0.3) is 0 Å². The minimum atomic E-state index is 0.189. The molecular formula is C11H20N2OS. The van der Waals surface area contributed by atoms with Crippen LogP contribution in [0.15, 0.2) is 5.38 Å². The van der Waals surface area contributed by atoms with E-state index in [4.69, 9.17) is 5.11 Å². The summed E-state index contributed by atoms with van der Waals surface area (Å²) >= 11 is 1.72. The Morgan fingerprint density at radius 2 is 2.13 bits per heavy atom. The van der Waals surface area contributed by atoms with Crippen molar-refractivity contribution in [2.24, 2.45) is 0 Å². The summed E-state index contributed by atoms with van der Waals surface area (Å²) in [6, 6.07) is 0.189. The fourth-order valence-electron chi connectivity index (χ4n) is 1.21. The van der Waals surface area contributed by atoms with Crippen LogP contribution in [0.2, 0.25) is 0 Å². The molecule has 1 N–H and O–H groups in total. The van der Waals surface area contributed by atoms with Crippen molar-refractivity contribution in [3.05, 3.63) is 16.1 Å². The van der Waals surface area contributed by atoms with Crippen LogP contribution in [-0.4, -0.2) is 34.7 Å². The van der Waals surface area contributed by atoms with Crippen LogP contribution in [0.1, 0.15) is 37.4 Å². The Kier molecular flexibility index (Phi) is 4.70. The summed E-state index contributed by atoms with van der Waals surface area (Å²) in [5.74, 6) is 0.504. The molecule has 1 aromatic rings. The number of hydrogen-bond donors (Lipinski definition) is 1. The Bertz CT molecular complexity index is 299. The van der Waals surface area contributed by atoms with E-state index in [2.05, 4.69) is 29.1 Å². The number of likely N-dealkylation sites (N-methyl/N-ethyl adjacent to an activating group) is 1. The normalized spacial score (nSPS) is 13.8. The number of rotatable bonds is 5. The third-order valence-corrected chi connectivity index (χ3v) is 3.69. The highest BCUT2D eigenvalue weighted by Gasteiger charge is 2.11. The first-order valence-corrected chi connectivity index (χ1v) is 6.18. The first kappa shape index (κ1) is 12.6. The third-order valence-electron chi connectivity index (χ3n) is 2.49. The zero-order valence-corrected chi connectivity index (χ0v) is 10.7. The molecule has 0 spiro atoms. The third kappa shape index (κ3) is 3.55. The topological polar surface area (TPSA) is 36.4 Å². The molecule has 1 unspecified atom stereocenters. The number of hydrogen-bond acceptors (Lipinski definition) is 4. The summed E-state index contributed by atoms with van der Waals surface area (Å²) in [5.41, 5.74) is 1.10. The van der Waals surface area contributed by atoms with Crippen molar-refractivity contribution in [2.75, 3.05) is 13.7 Å². The first-order chi connectivity index (χ1) is 7.04. The Labute approximate surface area is 95.8 Å². The first-order valence-electron chi connectivity index (χ1n) is 5.30. The number of aromatic nitrogens is 1. The second-order valence-electron chi connectivity index (χ2n) is 4.28. The molecule has 1 aromatic heterocycles. The van der Waals surface area contributed by atoms with E-state index in [0.717, 1.165) is 12.2 Å². The van der Waals surface area contributed by atoms with Crippen molar-refractivity contribution < 1.29 is 5.11 Å². The van der Waals surface area contributed by atoms with Gasteiger partial charge in [-0.1, -0.05) is 13.8 Å². The van der Waals surface area contributed by atoms with Crippen molar-refractivity contribution in [1.29, 1.82) is 0 Å². The molecule has 15 heavy (non-hydrogen) atoms. The van der Waals surface area contributed by atoms with Gasteiger partial charge in [-0.3, -0.25) is 4.90 Å². The summed E-state index contributed by atoms with van der Waals surface area (Å²) in [6.45, 7) is 7.32. The lowest BCUT2D eigenvalue weighted by Gasteiger charge is -2.21. The molecule has 0 radical (unpaired) electrons. The summed E-state index contributed by atoms with van der Waals surface area (Å²) in [4.78, 5) is 6.67. The molecule has 0 aliphatic carbocycles. The molecule has 0 aliphatic rings. The van der Waals surface area contributed by atoms with E-state index < -0.39 is 0 Å².